The second-order valence-electron chi connectivity index (χ2n) is 2.91. The molecule has 0 aliphatic rings. The minimum absolute atomic E-state index is 0.265. The molecule has 0 spiro atoms. The van der Waals surface area contributed by atoms with E-state index in [1.54, 1.807) is 0 Å². The molecule has 0 aliphatic carbocycles. The van der Waals surface area contributed by atoms with E-state index in [0.29, 0.717) is 0 Å². The summed E-state index contributed by atoms with van der Waals surface area (Å²) in [4.78, 5) is 2.24. The van der Waals surface area contributed by atoms with Crippen molar-refractivity contribution in [3.63, 3.8) is 0 Å². The zero-order valence-electron chi connectivity index (χ0n) is 8.34. The number of aliphatic hydroxyl groups is 1. The monoisotopic (exact) mass is 174 g/mol. The number of likely N-dealkylation sites (N-methyl/N-ethyl adjacent to an activating group) is 1. The van der Waals surface area contributed by atoms with Crippen LogP contribution in [-0.2, 0) is 0 Å². The molecule has 0 aromatic rings. The van der Waals surface area contributed by atoms with Crippen LogP contribution in [0.15, 0.2) is 0 Å². The van der Waals surface area contributed by atoms with Gasteiger partial charge in [-0.25, -0.2) is 0 Å². The van der Waals surface area contributed by atoms with Crippen LogP contribution in [0.4, 0.5) is 0 Å². The van der Waals surface area contributed by atoms with E-state index >= 15 is 0 Å². The summed E-state index contributed by atoms with van der Waals surface area (Å²) in [6.07, 6.45) is 1.19. The van der Waals surface area contributed by atoms with Crippen molar-refractivity contribution in [1.82, 2.24) is 10.2 Å². The van der Waals surface area contributed by atoms with E-state index < -0.39 is 0 Å². The first-order chi connectivity index (χ1) is 5.85. The first-order valence-electron chi connectivity index (χ1n) is 4.89. The summed E-state index contributed by atoms with van der Waals surface area (Å²) in [6, 6.07) is 0. The van der Waals surface area contributed by atoms with Gasteiger partial charge in [0.15, 0.2) is 0 Å². The lowest BCUT2D eigenvalue weighted by molar-refractivity contribution is 0.202. The van der Waals surface area contributed by atoms with Gasteiger partial charge >= 0.3 is 0 Å². The maximum absolute atomic E-state index is 8.71. The summed E-state index contributed by atoms with van der Waals surface area (Å²) < 4.78 is 0. The highest BCUT2D eigenvalue weighted by Crippen LogP contribution is 1.84. The van der Waals surface area contributed by atoms with Gasteiger partial charge in [0.2, 0.25) is 0 Å². The van der Waals surface area contributed by atoms with Gasteiger partial charge in [0.05, 0.1) is 6.61 Å². The quantitative estimate of drug-likeness (QED) is 0.520. The van der Waals surface area contributed by atoms with E-state index in [0.717, 1.165) is 32.7 Å². The van der Waals surface area contributed by atoms with Crippen molar-refractivity contribution in [2.24, 2.45) is 0 Å². The van der Waals surface area contributed by atoms with E-state index in [1.807, 2.05) is 0 Å². The Kier molecular flexibility index (Phi) is 8.88. The summed E-state index contributed by atoms with van der Waals surface area (Å²) in [7, 11) is 0. The fourth-order valence-electron chi connectivity index (χ4n) is 1.11. The molecule has 0 heterocycles. The van der Waals surface area contributed by atoms with E-state index in [2.05, 4.69) is 24.1 Å². The predicted molar refractivity (Wildman–Crippen MR) is 52.4 cm³/mol. The van der Waals surface area contributed by atoms with Crippen molar-refractivity contribution in [3.8, 4) is 0 Å². The fourth-order valence-corrected chi connectivity index (χ4v) is 1.11. The molecule has 12 heavy (non-hydrogen) atoms. The van der Waals surface area contributed by atoms with Gasteiger partial charge in [0.25, 0.3) is 0 Å². The van der Waals surface area contributed by atoms with E-state index in [-0.39, 0.29) is 6.61 Å². The van der Waals surface area contributed by atoms with Crippen molar-refractivity contribution >= 4 is 0 Å². The summed E-state index contributed by atoms with van der Waals surface area (Å²) in [5.41, 5.74) is 0. The molecule has 0 aromatic heterocycles. The molecule has 0 rings (SSSR count). The number of hydrogen-bond acceptors (Lipinski definition) is 3. The summed E-state index contributed by atoms with van der Waals surface area (Å²) >= 11 is 0. The minimum Gasteiger partial charge on any atom is -0.395 e. The Labute approximate surface area is 75.8 Å². The molecule has 74 valence electrons. The zero-order chi connectivity index (χ0) is 9.23. The molecule has 0 atom stereocenters. The molecule has 2 N–H and O–H groups in total. The number of nitrogens with one attached hydrogen (secondary N) is 1. The first-order valence-corrected chi connectivity index (χ1v) is 4.89. The van der Waals surface area contributed by atoms with Gasteiger partial charge in [0.1, 0.15) is 0 Å². The lowest BCUT2D eigenvalue weighted by Crippen LogP contribution is -2.34. The highest BCUT2D eigenvalue weighted by molar-refractivity contribution is 4.56. The Balaban J connectivity index is 3.19. The molecule has 3 nitrogen and oxygen atoms in total. The van der Waals surface area contributed by atoms with E-state index in [1.165, 1.54) is 6.42 Å². The molecule has 0 saturated carbocycles. The first kappa shape index (κ1) is 11.9. The Bertz CT molecular complexity index is 88.6. The second-order valence-corrected chi connectivity index (χ2v) is 2.91. The molecule has 0 aromatic carbocycles. The molecule has 0 unspecified atom stereocenters. The maximum atomic E-state index is 8.71. The van der Waals surface area contributed by atoms with Crippen LogP contribution in [0.3, 0.4) is 0 Å². The Morgan fingerprint density at radius 2 is 1.92 bits per heavy atom. The molecule has 0 radical (unpaired) electrons. The SMILES string of the molecule is CCCNCCN(CC)CCO. The van der Waals surface area contributed by atoms with Crippen LogP contribution in [0.2, 0.25) is 0 Å². The largest absolute Gasteiger partial charge is 0.395 e. The molecule has 0 saturated heterocycles. The molecule has 3 heteroatoms. The van der Waals surface area contributed by atoms with E-state index in [4.69, 9.17) is 5.11 Å². The van der Waals surface area contributed by atoms with Crippen LogP contribution in [-0.4, -0.2) is 49.3 Å². The van der Waals surface area contributed by atoms with Crippen LogP contribution in [0.5, 0.6) is 0 Å². The normalized spacial score (nSPS) is 11.0. The third-order valence-corrected chi connectivity index (χ3v) is 1.90. The standard InChI is InChI=1S/C9H22N2O/c1-3-5-10-6-7-11(4-2)8-9-12/h10,12H,3-9H2,1-2H3. The summed E-state index contributed by atoms with van der Waals surface area (Å²) in [6.45, 7) is 9.53. The summed E-state index contributed by atoms with van der Waals surface area (Å²) in [5, 5.41) is 12.0. The third-order valence-electron chi connectivity index (χ3n) is 1.90. The van der Waals surface area contributed by atoms with Crippen LogP contribution in [0.25, 0.3) is 0 Å². The number of hydrogen-bond donors (Lipinski definition) is 2. The lowest BCUT2D eigenvalue weighted by Gasteiger charge is -2.18. The predicted octanol–water partition coefficient (Wildman–Crippen LogP) is 0.300. The van der Waals surface area contributed by atoms with Crippen LogP contribution in [0.1, 0.15) is 20.3 Å². The molecule has 0 bridgehead atoms. The maximum Gasteiger partial charge on any atom is 0.0558 e. The van der Waals surface area contributed by atoms with Crippen molar-refractivity contribution < 1.29 is 5.11 Å². The highest BCUT2D eigenvalue weighted by Gasteiger charge is 1.98. The van der Waals surface area contributed by atoms with E-state index in [9.17, 15) is 0 Å². The number of nitrogens with zero attached hydrogens (tertiary/aromatic N) is 1. The third kappa shape index (κ3) is 6.58. The summed E-state index contributed by atoms with van der Waals surface area (Å²) in [5.74, 6) is 0. The van der Waals surface area contributed by atoms with Gasteiger partial charge in [-0.3, -0.25) is 0 Å². The Hall–Kier alpha value is -0.120. The Morgan fingerprint density at radius 1 is 1.17 bits per heavy atom. The second kappa shape index (κ2) is 8.97. The molecular formula is C9H22N2O. The van der Waals surface area contributed by atoms with Gasteiger partial charge < -0.3 is 15.3 Å². The van der Waals surface area contributed by atoms with Gasteiger partial charge in [-0.15, -0.1) is 0 Å². The van der Waals surface area contributed by atoms with Crippen molar-refractivity contribution in [2.45, 2.75) is 20.3 Å². The smallest absolute Gasteiger partial charge is 0.0558 e. The topological polar surface area (TPSA) is 35.5 Å². The van der Waals surface area contributed by atoms with Crippen molar-refractivity contribution in [2.75, 3.05) is 39.3 Å². The molecular weight excluding hydrogens is 152 g/mol. The average molecular weight is 174 g/mol. The van der Waals surface area contributed by atoms with Crippen LogP contribution >= 0.6 is 0 Å². The molecule has 0 fully saturated rings. The lowest BCUT2D eigenvalue weighted by atomic mass is 10.4. The van der Waals surface area contributed by atoms with Gasteiger partial charge in [-0.05, 0) is 19.5 Å². The highest BCUT2D eigenvalue weighted by atomic mass is 16.3. The van der Waals surface area contributed by atoms with Crippen LogP contribution in [0, 0.1) is 0 Å². The molecule has 0 aliphatic heterocycles. The zero-order valence-corrected chi connectivity index (χ0v) is 8.34. The van der Waals surface area contributed by atoms with Gasteiger partial charge in [0, 0.05) is 19.6 Å². The number of aliphatic hydroxyl groups excluding tert-OH is 1. The fraction of sp³-hybridized carbons (Fsp3) is 1.00. The molecule has 0 amide bonds. The minimum atomic E-state index is 0.265. The van der Waals surface area contributed by atoms with Gasteiger partial charge in [-0.1, -0.05) is 13.8 Å². The Morgan fingerprint density at radius 3 is 2.42 bits per heavy atom. The van der Waals surface area contributed by atoms with Crippen molar-refractivity contribution in [1.29, 1.82) is 0 Å². The van der Waals surface area contributed by atoms with Crippen LogP contribution < -0.4 is 5.32 Å². The number of rotatable bonds is 8. The average Bonchev–Trinajstić information content (AvgIpc) is 2.10. The van der Waals surface area contributed by atoms with Gasteiger partial charge in [-0.2, -0.15) is 0 Å². The van der Waals surface area contributed by atoms with Crippen molar-refractivity contribution in [3.05, 3.63) is 0 Å².